The lowest BCUT2D eigenvalue weighted by atomic mass is 10.2. The molecule has 0 aliphatic rings. The van der Waals surface area contributed by atoms with E-state index in [1.807, 2.05) is 28.2 Å². The second kappa shape index (κ2) is 10.9. The summed E-state index contributed by atoms with van der Waals surface area (Å²) >= 11 is 0. The van der Waals surface area contributed by atoms with Crippen molar-refractivity contribution in [1.82, 2.24) is 9.80 Å². The molecule has 0 amide bonds. The lowest BCUT2D eigenvalue weighted by Crippen LogP contribution is -2.16. The first-order chi connectivity index (χ1) is 8.91. The Labute approximate surface area is 119 Å². The van der Waals surface area contributed by atoms with Crippen molar-refractivity contribution < 1.29 is 4.74 Å². The molecule has 3 heteroatoms. The smallest absolute Gasteiger partial charge is 0.0660 e. The molecule has 0 radical (unpaired) electrons. The second-order valence-corrected chi connectivity index (χ2v) is 5.35. The lowest BCUT2D eigenvalue weighted by molar-refractivity contribution is 0.0145. The molecule has 0 aromatic carbocycles. The Bertz CT molecular complexity index is 307. The quantitative estimate of drug-likeness (QED) is 0.679. The molecule has 0 aliphatic heterocycles. The molecule has 0 aromatic heterocycles. The average Bonchev–Trinajstić information content (AvgIpc) is 2.30. The van der Waals surface area contributed by atoms with Crippen molar-refractivity contribution in [2.75, 3.05) is 41.3 Å². The van der Waals surface area contributed by atoms with Gasteiger partial charge in [0, 0.05) is 12.8 Å². The average molecular weight is 264 g/mol. The highest BCUT2D eigenvalue weighted by molar-refractivity contribution is 5.03. The Kier molecular flexibility index (Phi) is 10.3. The predicted molar refractivity (Wildman–Crippen MR) is 81.9 cm³/mol. The Morgan fingerprint density at radius 3 is 1.42 bits per heavy atom. The largest absolute Gasteiger partial charge is 0.374 e. The molecule has 0 rings (SSSR count). The molecule has 3 nitrogen and oxygen atoms in total. The van der Waals surface area contributed by atoms with E-state index in [0.717, 1.165) is 25.9 Å². The van der Waals surface area contributed by atoms with Gasteiger partial charge >= 0.3 is 0 Å². The molecule has 0 bridgehead atoms. The predicted octanol–water partition coefficient (Wildman–Crippen LogP) is 1.69. The summed E-state index contributed by atoms with van der Waals surface area (Å²) in [6.07, 6.45) is 1.90. The molecule has 0 heterocycles. The SMILES string of the molecule is C[C@H](CC#CCN(C)C)O[C@H](C)CC#CCN(C)C. The highest BCUT2D eigenvalue weighted by atomic mass is 16.5. The van der Waals surface area contributed by atoms with Crippen LogP contribution in [-0.4, -0.2) is 63.3 Å². The van der Waals surface area contributed by atoms with Crippen LogP contribution in [0.4, 0.5) is 0 Å². The highest BCUT2D eigenvalue weighted by Gasteiger charge is 2.05. The van der Waals surface area contributed by atoms with Crippen molar-refractivity contribution in [2.24, 2.45) is 0 Å². The summed E-state index contributed by atoms with van der Waals surface area (Å²) in [5, 5.41) is 0. The van der Waals surface area contributed by atoms with Gasteiger partial charge in [0.2, 0.25) is 0 Å². The van der Waals surface area contributed by atoms with Gasteiger partial charge in [-0.15, -0.1) is 0 Å². The molecule has 2 atom stereocenters. The monoisotopic (exact) mass is 264 g/mol. The van der Waals surface area contributed by atoms with Crippen LogP contribution >= 0.6 is 0 Å². The second-order valence-electron chi connectivity index (χ2n) is 5.35. The topological polar surface area (TPSA) is 15.7 Å². The van der Waals surface area contributed by atoms with Gasteiger partial charge in [-0.2, -0.15) is 0 Å². The van der Waals surface area contributed by atoms with E-state index in [1.54, 1.807) is 0 Å². The van der Waals surface area contributed by atoms with E-state index in [9.17, 15) is 0 Å². The van der Waals surface area contributed by atoms with Crippen LogP contribution in [0.3, 0.4) is 0 Å². The summed E-state index contributed by atoms with van der Waals surface area (Å²) in [6, 6.07) is 0. The minimum absolute atomic E-state index is 0.167. The van der Waals surface area contributed by atoms with Crippen molar-refractivity contribution in [3.63, 3.8) is 0 Å². The van der Waals surface area contributed by atoms with E-state index in [2.05, 4.69) is 47.3 Å². The van der Waals surface area contributed by atoms with Crippen molar-refractivity contribution in [1.29, 1.82) is 0 Å². The van der Waals surface area contributed by atoms with E-state index in [1.165, 1.54) is 0 Å². The summed E-state index contributed by atoms with van der Waals surface area (Å²) in [7, 11) is 8.07. The molecular formula is C16H28N2O. The first-order valence-corrected chi connectivity index (χ1v) is 6.78. The van der Waals surface area contributed by atoms with Crippen LogP contribution in [0.1, 0.15) is 26.7 Å². The summed E-state index contributed by atoms with van der Waals surface area (Å²) in [4.78, 5) is 4.11. The maximum atomic E-state index is 5.83. The molecule has 0 saturated heterocycles. The summed E-state index contributed by atoms with van der Waals surface area (Å²) in [5.41, 5.74) is 0. The van der Waals surface area contributed by atoms with Gasteiger partial charge < -0.3 is 4.74 Å². The van der Waals surface area contributed by atoms with Gasteiger partial charge in [0.05, 0.1) is 25.3 Å². The Morgan fingerprint density at radius 2 is 1.11 bits per heavy atom. The first kappa shape index (κ1) is 18.0. The number of nitrogens with zero attached hydrogens (tertiary/aromatic N) is 2. The van der Waals surface area contributed by atoms with Crippen LogP contribution in [-0.2, 0) is 4.74 Å². The zero-order valence-corrected chi connectivity index (χ0v) is 13.3. The molecule has 0 aliphatic carbocycles. The molecule has 19 heavy (non-hydrogen) atoms. The molecule has 0 spiro atoms. The minimum atomic E-state index is 0.167. The fourth-order valence-electron chi connectivity index (χ4n) is 1.35. The Balaban J connectivity index is 3.81. The number of rotatable bonds is 6. The van der Waals surface area contributed by atoms with Gasteiger partial charge in [-0.05, 0) is 42.0 Å². The van der Waals surface area contributed by atoms with Gasteiger partial charge in [-0.25, -0.2) is 0 Å². The third-order valence-electron chi connectivity index (χ3n) is 2.28. The zero-order valence-electron chi connectivity index (χ0n) is 13.3. The summed E-state index contributed by atoms with van der Waals surface area (Å²) in [6.45, 7) is 5.73. The fourth-order valence-corrected chi connectivity index (χ4v) is 1.35. The van der Waals surface area contributed by atoms with Gasteiger partial charge in [-0.3, -0.25) is 9.80 Å². The van der Waals surface area contributed by atoms with E-state index in [4.69, 9.17) is 4.74 Å². The van der Waals surface area contributed by atoms with E-state index in [0.29, 0.717) is 0 Å². The fraction of sp³-hybridized carbons (Fsp3) is 0.750. The first-order valence-electron chi connectivity index (χ1n) is 6.78. The number of ether oxygens (including phenoxy) is 1. The van der Waals surface area contributed by atoms with Crippen molar-refractivity contribution >= 4 is 0 Å². The zero-order chi connectivity index (χ0) is 14.7. The van der Waals surface area contributed by atoms with Gasteiger partial charge in [0.15, 0.2) is 0 Å². The van der Waals surface area contributed by atoms with E-state index >= 15 is 0 Å². The Hall–Kier alpha value is -1.00. The third kappa shape index (κ3) is 13.2. The molecule has 0 saturated carbocycles. The van der Waals surface area contributed by atoms with Crippen LogP contribution in [0.2, 0.25) is 0 Å². The molecule has 0 N–H and O–H groups in total. The molecule has 0 fully saturated rings. The van der Waals surface area contributed by atoms with Crippen LogP contribution in [0, 0.1) is 23.7 Å². The molecular weight excluding hydrogens is 236 g/mol. The van der Waals surface area contributed by atoms with Crippen LogP contribution in [0.25, 0.3) is 0 Å². The van der Waals surface area contributed by atoms with Gasteiger partial charge in [0.25, 0.3) is 0 Å². The number of hydrogen-bond acceptors (Lipinski definition) is 3. The van der Waals surface area contributed by atoms with Gasteiger partial charge in [-0.1, -0.05) is 23.7 Å². The minimum Gasteiger partial charge on any atom is -0.374 e. The Morgan fingerprint density at radius 1 is 0.737 bits per heavy atom. The maximum absolute atomic E-state index is 5.83. The van der Waals surface area contributed by atoms with Crippen molar-refractivity contribution in [2.45, 2.75) is 38.9 Å². The lowest BCUT2D eigenvalue weighted by Gasteiger charge is -2.15. The number of hydrogen-bond donors (Lipinski definition) is 0. The van der Waals surface area contributed by atoms with Crippen LogP contribution in [0.5, 0.6) is 0 Å². The molecule has 108 valence electrons. The third-order valence-corrected chi connectivity index (χ3v) is 2.28. The normalized spacial score (nSPS) is 13.5. The molecule has 0 aromatic rings. The van der Waals surface area contributed by atoms with E-state index in [-0.39, 0.29) is 12.2 Å². The molecule has 0 unspecified atom stereocenters. The van der Waals surface area contributed by atoms with E-state index < -0.39 is 0 Å². The van der Waals surface area contributed by atoms with Crippen molar-refractivity contribution in [3.05, 3.63) is 0 Å². The van der Waals surface area contributed by atoms with Crippen LogP contribution in [0.15, 0.2) is 0 Å². The van der Waals surface area contributed by atoms with Gasteiger partial charge in [0.1, 0.15) is 0 Å². The highest BCUT2D eigenvalue weighted by Crippen LogP contribution is 2.04. The maximum Gasteiger partial charge on any atom is 0.0660 e. The standard InChI is InChI=1S/C16H28N2O/c1-15(11-7-9-13-17(3)4)19-16(2)12-8-10-14-18(5)6/h15-16H,11-14H2,1-6H3/t15-,16-/m1/s1. The van der Waals surface area contributed by atoms with Crippen molar-refractivity contribution in [3.8, 4) is 23.7 Å². The van der Waals surface area contributed by atoms with Crippen LogP contribution < -0.4 is 0 Å². The summed E-state index contributed by atoms with van der Waals surface area (Å²) < 4.78 is 5.83. The summed E-state index contributed by atoms with van der Waals surface area (Å²) in [5.74, 6) is 12.5.